The SMILES string of the molecule is Cc1cccc(CC(=O)N(Cc2ccccc2F)[C@@H](C)C(=O)NC2CCCC2)c1. The molecule has 0 unspecified atom stereocenters. The molecule has 1 N–H and O–H groups in total. The fourth-order valence-corrected chi connectivity index (χ4v) is 3.88. The summed E-state index contributed by atoms with van der Waals surface area (Å²) in [5.41, 5.74) is 2.37. The number of nitrogens with one attached hydrogen (secondary N) is 1. The maximum Gasteiger partial charge on any atom is 0.242 e. The molecule has 3 rings (SSSR count). The molecule has 1 aliphatic carbocycles. The van der Waals surface area contributed by atoms with Crippen molar-refractivity contribution in [1.82, 2.24) is 10.2 Å². The topological polar surface area (TPSA) is 49.4 Å². The van der Waals surface area contributed by atoms with Crippen molar-refractivity contribution in [3.05, 3.63) is 71.0 Å². The number of hydrogen-bond acceptors (Lipinski definition) is 2. The van der Waals surface area contributed by atoms with Crippen LogP contribution in [0.25, 0.3) is 0 Å². The molecule has 1 atom stereocenters. The zero-order valence-corrected chi connectivity index (χ0v) is 17.2. The van der Waals surface area contributed by atoms with Crippen LogP contribution in [0.3, 0.4) is 0 Å². The van der Waals surface area contributed by atoms with E-state index in [9.17, 15) is 14.0 Å². The van der Waals surface area contributed by atoms with Crippen molar-refractivity contribution in [3.63, 3.8) is 0 Å². The van der Waals surface area contributed by atoms with Crippen molar-refractivity contribution in [3.8, 4) is 0 Å². The van der Waals surface area contributed by atoms with Gasteiger partial charge in [0.25, 0.3) is 0 Å². The van der Waals surface area contributed by atoms with Gasteiger partial charge >= 0.3 is 0 Å². The number of benzene rings is 2. The minimum absolute atomic E-state index is 0.0660. The van der Waals surface area contributed by atoms with Gasteiger partial charge in [-0.15, -0.1) is 0 Å². The van der Waals surface area contributed by atoms with Gasteiger partial charge in [-0.1, -0.05) is 60.9 Å². The fraction of sp³-hybridized carbons (Fsp3) is 0.417. The van der Waals surface area contributed by atoms with E-state index in [1.54, 1.807) is 25.1 Å². The Bertz CT molecular complexity index is 861. The van der Waals surface area contributed by atoms with Crippen LogP contribution in [0.1, 0.15) is 49.3 Å². The van der Waals surface area contributed by atoms with E-state index in [0.717, 1.165) is 36.8 Å². The lowest BCUT2D eigenvalue weighted by molar-refractivity contribution is -0.140. The van der Waals surface area contributed by atoms with Gasteiger partial charge in [-0.2, -0.15) is 0 Å². The standard InChI is InChI=1S/C24H29FN2O2/c1-17-8-7-9-19(14-17)15-23(28)27(16-20-10-3-6-13-22(20)25)18(2)24(29)26-21-11-4-5-12-21/h3,6-10,13-14,18,21H,4-5,11-12,15-16H2,1-2H3,(H,26,29)/t18-/m0/s1. The Kier molecular flexibility index (Phi) is 7.02. The summed E-state index contributed by atoms with van der Waals surface area (Å²) in [7, 11) is 0. The van der Waals surface area contributed by atoms with Crippen molar-refractivity contribution in [2.75, 3.05) is 0 Å². The predicted molar refractivity (Wildman–Crippen MR) is 112 cm³/mol. The molecule has 2 aromatic carbocycles. The average molecular weight is 397 g/mol. The lowest BCUT2D eigenvalue weighted by Crippen LogP contribution is -2.50. The van der Waals surface area contributed by atoms with Crippen LogP contribution in [0, 0.1) is 12.7 Å². The summed E-state index contributed by atoms with van der Waals surface area (Å²) in [6.45, 7) is 3.76. The second kappa shape index (κ2) is 9.68. The Hall–Kier alpha value is -2.69. The Morgan fingerprint density at radius 2 is 1.86 bits per heavy atom. The number of carbonyl (C=O) groups excluding carboxylic acids is 2. The molecular weight excluding hydrogens is 367 g/mol. The van der Waals surface area contributed by atoms with Gasteiger partial charge in [0.1, 0.15) is 11.9 Å². The highest BCUT2D eigenvalue weighted by Gasteiger charge is 2.29. The molecule has 0 radical (unpaired) electrons. The van der Waals surface area contributed by atoms with Gasteiger partial charge in [-0.05, 0) is 38.3 Å². The number of amides is 2. The average Bonchev–Trinajstić information content (AvgIpc) is 3.19. The van der Waals surface area contributed by atoms with Crippen LogP contribution in [0.15, 0.2) is 48.5 Å². The van der Waals surface area contributed by atoms with E-state index >= 15 is 0 Å². The maximum atomic E-state index is 14.2. The van der Waals surface area contributed by atoms with E-state index in [-0.39, 0.29) is 36.6 Å². The lowest BCUT2D eigenvalue weighted by atomic mass is 10.1. The Morgan fingerprint density at radius 1 is 1.14 bits per heavy atom. The largest absolute Gasteiger partial charge is 0.352 e. The van der Waals surface area contributed by atoms with Gasteiger partial charge < -0.3 is 10.2 Å². The molecule has 0 saturated heterocycles. The van der Waals surface area contributed by atoms with Crippen LogP contribution in [0.2, 0.25) is 0 Å². The molecule has 29 heavy (non-hydrogen) atoms. The van der Waals surface area contributed by atoms with Crippen LogP contribution in [0.5, 0.6) is 0 Å². The smallest absolute Gasteiger partial charge is 0.242 e. The summed E-state index contributed by atoms with van der Waals surface area (Å²) in [4.78, 5) is 27.5. The molecule has 0 spiro atoms. The first-order valence-corrected chi connectivity index (χ1v) is 10.3. The summed E-state index contributed by atoms with van der Waals surface area (Å²) in [5.74, 6) is -0.733. The van der Waals surface area contributed by atoms with Crippen LogP contribution < -0.4 is 5.32 Å². The van der Waals surface area contributed by atoms with Crippen LogP contribution in [-0.4, -0.2) is 28.8 Å². The number of hydrogen-bond donors (Lipinski definition) is 1. The Morgan fingerprint density at radius 3 is 2.55 bits per heavy atom. The van der Waals surface area contributed by atoms with Crippen LogP contribution in [0.4, 0.5) is 4.39 Å². The molecule has 1 aliphatic rings. The Labute approximate surface area is 172 Å². The normalized spacial score (nSPS) is 15.1. The van der Waals surface area contributed by atoms with Crippen molar-refractivity contribution < 1.29 is 14.0 Å². The molecule has 5 heteroatoms. The third-order valence-corrected chi connectivity index (χ3v) is 5.61. The predicted octanol–water partition coefficient (Wildman–Crippen LogP) is 4.15. The quantitative estimate of drug-likeness (QED) is 0.764. The molecule has 1 fully saturated rings. The van der Waals surface area contributed by atoms with Gasteiger partial charge in [0, 0.05) is 18.2 Å². The molecule has 1 saturated carbocycles. The molecule has 2 aromatic rings. The minimum atomic E-state index is -0.674. The summed E-state index contributed by atoms with van der Waals surface area (Å²) < 4.78 is 14.2. The third kappa shape index (κ3) is 5.66. The lowest BCUT2D eigenvalue weighted by Gasteiger charge is -2.30. The van der Waals surface area contributed by atoms with E-state index in [2.05, 4.69) is 5.32 Å². The zero-order chi connectivity index (χ0) is 20.8. The molecule has 0 bridgehead atoms. The van der Waals surface area contributed by atoms with Crippen molar-refractivity contribution in [2.45, 2.75) is 64.6 Å². The fourth-order valence-electron chi connectivity index (χ4n) is 3.88. The number of nitrogens with zero attached hydrogens (tertiary/aromatic N) is 1. The number of aryl methyl sites for hydroxylation is 1. The second-order valence-electron chi connectivity index (χ2n) is 7.94. The summed E-state index contributed by atoms with van der Waals surface area (Å²) in [6, 6.07) is 13.6. The van der Waals surface area contributed by atoms with Gasteiger partial charge in [0.05, 0.1) is 6.42 Å². The monoisotopic (exact) mass is 396 g/mol. The highest BCUT2D eigenvalue weighted by molar-refractivity contribution is 5.88. The number of rotatable bonds is 7. The van der Waals surface area contributed by atoms with Crippen molar-refractivity contribution >= 4 is 11.8 Å². The Balaban J connectivity index is 1.78. The van der Waals surface area contributed by atoms with Gasteiger partial charge in [-0.25, -0.2) is 4.39 Å². The van der Waals surface area contributed by atoms with Gasteiger partial charge in [0.15, 0.2) is 0 Å². The number of carbonyl (C=O) groups is 2. The molecular formula is C24H29FN2O2. The van der Waals surface area contributed by atoms with Crippen LogP contribution >= 0.6 is 0 Å². The van der Waals surface area contributed by atoms with E-state index in [1.165, 1.54) is 11.0 Å². The highest BCUT2D eigenvalue weighted by Crippen LogP contribution is 2.19. The molecule has 0 aliphatic heterocycles. The van der Waals surface area contributed by atoms with E-state index < -0.39 is 6.04 Å². The molecule has 0 heterocycles. The third-order valence-electron chi connectivity index (χ3n) is 5.61. The van der Waals surface area contributed by atoms with Gasteiger partial charge in [-0.3, -0.25) is 9.59 Å². The highest BCUT2D eigenvalue weighted by atomic mass is 19.1. The van der Waals surface area contributed by atoms with E-state index in [0.29, 0.717) is 5.56 Å². The minimum Gasteiger partial charge on any atom is -0.352 e. The molecule has 0 aromatic heterocycles. The summed E-state index contributed by atoms with van der Waals surface area (Å²) in [5, 5.41) is 3.06. The number of halogens is 1. The summed E-state index contributed by atoms with van der Waals surface area (Å²) in [6.07, 6.45) is 4.36. The van der Waals surface area contributed by atoms with Crippen molar-refractivity contribution in [2.24, 2.45) is 0 Å². The first-order chi connectivity index (χ1) is 13.9. The summed E-state index contributed by atoms with van der Waals surface area (Å²) >= 11 is 0. The first-order valence-electron chi connectivity index (χ1n) is 10.3. The van der Waals surface area contributed by atoms with Crippen LogP contribution in [-0.2, 0) is 22.6 Å². The van der Waals surface area contributed by atoms with Gasteiger partial charge in [0.2, 0.25) is 11.8 Å². The molecule has 2 amide bonds. The first kappa shape index (κ1) is 21.0. The molecule has 154 valence electrons. The molecule has 4 nitrogen and oxygen atoms in total. The van der Waals surface area contributed by atoms with Crippen molar-refractivity contribution in [1.29, 1.82) is 0 Å². The second-order valence-corrected chi connectivity index (χ2v) is 7.94. The maximum absolute atomic E-state index is 14.2. The van der Waals surface area contributed by atoms with E-state index in [1.807, 2.05) is 31.2 Å². The zero-order valence-electron chi connectivity index (χ0n) is 17.2. The van der Waals surface area contributed by atoms with E-state index in [4.69, 9.17) is 0 Å².